The Morgan fingerprint density at radius 2 is 1.84 bits per heavy atom. The quantitative estimate of drug-likeness (QED) is 0.685. The monoisotopic (exact) mass is 343 g/mol. The predicted octanol–water partition coefficient (Wildman–Crippen LogP) is 5.62. The summed E-state index contributed by atoms with van der Waals surface area (Å²) in [5.74, 6) is 1.47. The maximum atomic E-state index is 13.1. The van der Waals surface area contributed by atoms with Crippen molar-refractivity contribution in [3.05, 3.63) is 42.1 Å². The van der Waals surface area contributed by atoms with Crippen molar-refractivity contribution in [2.45, 2.75) is 70.9 Å². The van der Waals surface area contributed by atoms with Crippen LogP contribution < -0.4 is 5.32 Å². The Bertz CT molecular complexity index is 641. The number of nitrogens with one attached hydrogen (secondary N) is 2. The Morgan fingerprint density at radius 1 is 1.12 bits per heavy atom. The number of imidazole rings is 1. The fourth-order valence-corrected chi connectivity index (χ4v) is 3.64. The van der Waals surface area contributed by atoms with Crippen LogP contribution in [0.25, 0.3) is 11.3 Å². The van der Waals surface area contributed by atoms with Crippen LogP contribution in [0.1, 0.15) is 70.7 Å². The second-order valence-electron chi connectivity index (χ2n) is 7.70. The van der Waals surface area contributed by atoms with E-state index in [1.165, 1.54) is 50.7 Å². The molecular weight excluding hydrogens is 313 g/mol. The van der Waals surface area contributed by atoms with E-state index in [2.05, 4.69) is 24.1 Å². The summed E-state index contributed by atoms with van der Waals surface area (Å²) < 4.78 is 13.1. The SMILES string of the molecule is CC(C)CC[C@H](NC1CCCCC1)c1nc(-c2ccc(F)cc2)c[nH]1. The average Bonchev–Trinajstić information content (AvgIpc) is 3.10. The van der Waals surface area contributed by atoms with E-state index in [4.69, 9.17) is 4.98 Å². The van der Waals surface area contributed by atoms with Crippen molar-refractivity contribution < 1.29 is 4.39 Å². The van der Waals surface area contributed by atoms with Gasteiger partial charge in [-0.15, -0.1) is 0 Å². The molecule has 1 aromatic heterocycles. The van der Waals surface area contributed by atoms with Gasteiger partial charge in [-0.1, -0.05) is 33.1 Å². The highest BCUT2D eigenvalue weighted by Gasteiger charge is 2.21. The smallest absolute Gasteiger partial charge is 0.124 e. The van der Waals surface area contributed by atoms with Gasteiger partial charge in [0, 0.05) is 17.8 Å². The lowest BCUT2D eigenvalue weighted by atomic mass is 9.93. The number of aromatic amines is 1. The van der Waals surface area contributed by atoms with Gasteiger partial charge in [-0.25, -0.2) is 9.37 Å². The Balaban J connectivity index is 1.73. The van der Waals surface area contributed by atoms with E-state index in [0.717, 1.165) is 23.5 Å². The average molecular weight is 343 g/mol. The highest BCUT2D eigenvalue weighted by Crippen LogP contribution is 2.26. The van der Waals surface area contributed by atoms with Gasteiger partial charge in [0.2, 0.25) is 0 Å². The van der Waals surface area contributed by atoms with Gasteiger partial charge in [-0.3, -0.25) is 0 Å². The number of halogens is 1. The number of aromatic nitrogens is 2. The lowest BCUT2D eigenvalue weighted by Crippen LogP contribution is -2.35. The fraction of sp³-hybridized carbons (Fsp3) is 0.571. The first kappa shape index (κ1) is 18.1. The molecule has 0 aliphatic heterocycles. The van der Waals surface area contributed by atoms with E-state index < -0.39 is 0 Å². The molecule has 136 valence electrons. The Morgan fingerprint density at radius 3 is 2.52 bits per heavy atom. The van der Waals surface area contributed by atoms with Gasteiger partial charge in [0.1, 0.15) is 11.6 Å². The molecule has 0 unspecified atom stereocenters. The molecule has 0 amide bonds. The Labute approximate surface area is 150 Å². The molecule has 0 bridgehead atoms. The summed E-state index contributed by atoms with van der Waals surface area (Å²) in [4.78, 5) is 8.18. The van der Waals surface area contributed by atoms with Crippen molar-refractivity contribution in [3.8, 4) is 11.3 Å². The summed E-state index contributed by atoms with van der Waals surface area (Å²) in [6.07, 6.45) is 10.8. The molecule has 3 nitrogen and oxygen atoms in total. The van der Waals surface area contributed by atoms with Gasteiger partial charge >= 0.3 is 0 Å². The minimum atomic E-state index is -0.215. The maximum absolute atomic E-state index is 13.1. The van der Waals surface area contributed by atoms with Gasteiger partial charge in [0.25, 0.3) is 0 Å². The molecule has 0 spiro atoms. The molecule has 0 radical (unpaired) electrons. The van der Waals surface area contributed by atoms with E-state index in [9.17, 15) is 4.39 Å². The molecule has 4 heteroatoms. The number of hydrogen-bond acceptors (Lipinski definition) is 2. The first-order chi connectivity index (χ1) is 12.1. The number of hydrogen-bond donors (Lipinski definition) is 2. The van der Waals surface area contributed by atoms with Crippen LogP contribution in [0.2, 0.25) is 0 Å². The van der Waals surface area contributed by atoms with Gasteiger partial charge in [0.15, 0.2) is 0 Å². The standard InChI is InChI=1S/C21H30FN3/c1-15(2)8-13-19(24-18-6-4-3-5-7-18)21-23-14-20(25-21)16-9-11-17(22)12-10-16/h9-12,14-15,18-19,24H,3-8,13H2,1-2H3,(H,23,25)/t19-/m0/s1. The molecule has 25 heavy (non-hydrogen) atoms. The van der Waals surface area contributed by atoms with Crippen LogP contribution in [0.4, 0.5) is 4.39 Å². The lowest BCUT2D eigenvalue weighted by Gasteiger charge is -2.28. The second-order valence-corrected chi connectivity index (χ2v) is 7.70. The third-order valence-electron chi connectivity index (χ3n) is 5.14. The van der Waals surface area contributed by atoms with Crippen LogP contribution >= 0.6 is 0 Å². The van der Waals surface area contributed by atoms with E-state index >= 15 is 0 Å². The van der Waals surface area contributed by atoms with Crippen LogP contribution in [0.3, 0.4) is 0 Å². The minimum Gasteiger partial charge on any atom is -0.347 e. The van der Waals surface area contributed by atoms with Crippen LogP contribution in [0.5, 0.6) is 0 Å². The number of H-pyrrole nitrogens is 1. The van der Waals surface area contributed by atoms with Gasteiger partial charge < -0.3 is 10.3 Å². The fourth-order valence-electron chi connectivity index (χ4n) is 3.64. The third-order valence-corrected chi connectivity index (χ3v) is 5.14. The van der Waals surface area contributed by atoms with Crippen LogP contribution in [0, 0.1) is 11.7 Å². The Kier molecular flexibility index (Phi) is 6.24. The molecular formula is C21H30FN3. The molecule has 1 fully saturated rings. The van der Waals surface area contributed by atoms with Crippen LogP contribution in [-0.4, -0.2) is 16.0 Å². The molecule has 1 heterocycles. The van der Waals surface area contributed by atoms with Crippen molar-refractivity contribution >= 4 is 0 Å². The summed E-state index contributed by atoms with van der Waals surface area (Å²) in [5, 5.41) is 3.85. The van der Waals surface area contributed by atoms with Crippen molar-refractivity contribution in [1.82, 2.24) is 15.3 Å². The summed E-state index contributed by atoms with van der Waals surface area (Å²) in [6.45, 7) is 4.54. The molecule has 3 rings (SSSR count). The topological polar surface area (TPSA) is 40.7 Å². The molecule has 1 aromatic carbocycles. The molecule has 1 saturated carbocycles. The van der Waals surface area contributed by atoms with E-state index in [-0.39, 0.29) is 11.9 Å². The van der Waals surface area contributed by atoms with Gasteiger partial charge in [-0.2, -0.15) is 0 Å². The second kappa shape index (κ2) is 8.61. The number of rotatable bonds is 7. The van der Waals surface area contributed by atoms with Crippen LogP contribution in [0.15, 0.2) is 30.5 Å². The highest BCUT2D eigenvalue weighted by atomic mass is 19.1. The van der Waals surface area contributed by atoms with Crippen molar-refractivity contribution in [2.24, 2.45) is 5.92 Å². The summed E-state index contributed by atoms with van der Waals surface area (Å²) in [6, 6.07) is 7.41. The maximum Gasteiger partial charge on any atom is 0.124 e. The molecule has 2 N–H and O–H groups in total. The summed E-state index contributed by atoms with van der Waals surface area (Å²) in [5.41, 5.74) is 1.83. The normalized spacial score (nSPS) is 17.1. The van der Waals surface area contributed by atoms with Gasteiger partial charge in [0.05, 0.1) is 11.7 Å². The zero-order valence-electron chi connectivity index (χ0n) is 15.4. The van der Waals surface area contributed by atoms with Crippen molar-refractivity contribution in [1.29, 1.82) is 0 Å². The third kappa shape index (κ3) is 5.15. The Hall–Kier alpha value is -1.68. The molecule has 2 aromatic rings. The van der Waals surface area contributed by atoms with Crippen molar-refractivity contribution in [2.75, 3.05) is 0 Å². The van der Waals surface area contributed by atoms with E-state index in [0.29, 0.717) is 12.0 Å². The van der Waals surface area contributed by atoms with E-state index in [1.54, 1.807) is 12.1 Å². The highest BCUT2D eigenvalue weighted by molar-refractivity contribution is 5.58. The van der Waals surface area contributed by atoms with Gasteiger partial charge in [-0.05, 0) is 55.9 Å². The molecule has 1 atom stereocenters. The van der Waals surface area contributed by atoms with Crippen LogP contribution in [-0.2, 0) is 0 Å². The zero-order valence-corrected chi connectivity index (χ0v) is 15.4. The number of benzene rings is 1. The largest absolute Gasteiger partial charge is 0.347 e. The zero-order chi connectivity index (χ0) is 17.6. The van der Waals surface area contributed by atoms with E-state index in [1.807, 2.05) is 6.20 Å². The first-order valence-electron chi connectivity index (χ1n) is 9.69. The molecule has 0 saturated heterocycles. The number of nitrogens with zero attached hydrogens (tertiary/aromatic N) is 1. The van der Waals surface area contributed by atoms with Crippen molar-refractivity contribution in [3.63, 3.8) is 0 Å². The molecule has 1 aliphatic rings. The predicted molar refractivity (Wildman–Crippen MR) is 101 cm³/mol. The first-order valence-corrected chi connectivity index (χ1v) is 9.69. The summed E-state index contributed by atoms with van der Waals surface area (Å²) in [7, 11) is 0. The minimum absolute atomic E-state index is 0.215. The summed E-state index contributed by atoms with van der Waals surface area (Å²) >= 11 is 0. The lowest BCUT2D eigenvalue weighted by molar-refractivity contribution is 0.314. The molecule has 1 aliphatic carbocycles.